The molecular formula is C12H23N. The van der Waals surface area contributed by atoms with E-state index in [1.165, 1.54) is 58.2 Å². The van der Waals surface area contributed by atoms with Gasteiger partial charge >= 0.3 is 0 Å². The van der Waals surface area contributed by atoms with E-state index in [0.29, 0.717) is 0 Å². The lowest BCUT2D eigenvalue weighted by Gasteiger charge is -2.19. The third-order valence-corrected chi connectivity index (χ3v) is 3.79. The van der Waals surface area contributed by atoms with Crippen LogP contribution in [0, 0.1) is 11.8 Å². The molecule has 0 aromatic rings. The van der Waals surface area contributed by atoms with Gasteiger partial charge in [-0.2, -0.15) is 0 Å². The molecule has 1 heteroatoms. The van der Waals surface area contributed by atoms with E-state index in [0.717, 1.165) is 11.8 Å². The summed E-state index contributed by atoms with van der Waals surface area (Å²) in [6.45, 7) is 6.53. The topological polar surface area (TPSA) is 3.24 Å². The third kappa shape index (κ3) is 2.98. The first kappa shape index (κ1) is 9.51. The van der Waals surface area contributed by atoms with E-state index < -0.39 is 0 Å². The summed E-state index contributed by atoms with van der Waals surface area (Å²) in [4.78, 5) is 2.69. The van der Waals surface area contributed by atoms with Gasteiger partial charge < -0.3 is 4.90 Å². The predicted octanol–water partition coefficient (Wildman–Crippen LogP) is 2.91. The second kappa shape index (κ2) is 4.45. The van der Waals surface area contributed by atoms with Crippen molar-refractivity contribution in [1.29, 1.82) is 0 Å². The smallest absolute Gasteiger partial charge is 0.00160 e. The lowest BCUT2D eigenvalue weighted by Crippen LogP contribution is -2.26. The van der Waals surface area contributed by atoms with Crippen LogP contribution in [-0.2, 0) is 0 Å². The Hall–Kier alpha value is -0.0400. The summed E-state index contributed by atoms with van der Waals surface area (Å²) in [6.07, 6.45) is 8.81. The van der Waals surface area contributed by atoms with Crippen molar-refractivity contribution >= 4 is 0 Å². The van der Waals surface area contributed by atoms with Crippen molar-refractivity contribution in [2.45, 2.75) is 45.4 Å². The normalized spacial score (nSPS) is 35.8. The van der Waals surface area contributed by atoms with Gasteiger partial charge in [0.15, 0.2) is 0 Å². The molecule has 1 nitrogen and oxygen atoms in total. The number of hydrogen-bond acceptors (Lipinski definition) is 1. The van der Waals surface area contributed by atoms with Crippen LogP contribution in [0.1, 0.15) is 45.4 Å². The van der Waals surface area contributed by atoms with Crippen LogP contribution in [0.4, 0.5) is 0 Å². The van der Waals surface area contributed by atoms with Gasteiger partial charge in [0.25, 0.3) is 0 Å². The molecule has 13 heavy (non-hydrogen) atoms. The first-order valence-corrected chi connectivity index (χ1v) is 6.08. The molecule has 2 aliphatic rings. The molecule has 2 fully saturated rings. The largest absolute Gasteiger partial charge is 0.303 e. The van der Waals surface area contributed by atoms with Crippen LogP contribution >= 0.6 is 0 Å². The van der Waals surface area contributed by atoms with Crippen LogP contribution in [0.25, 0.3) is 0 Å². The van der Waals surface area contributed by atoms with Gasteiger partial charge in [-0.05, 0) is 57.2 Å². The molecule has 2 atom stereocenters. The molecule has 2 rings (SSSR count). The van der Waals surface area contributed by atoms with Crippen molar-refractivity contribution in [3.8, 4) is 0 Å². The zero-order valence-electron chi connectivity index (χ0n) is 8.97. The number of hydrogen-bond donors (Lipinski definition) is 0. The summed E-state index contributed by atoms with van der Waals surface area (Å²) in [5, 5.41) is 0. The minimum Gasteiger partial charge on any atom is -0.303 e. The molecule has 76 valence electrons. The fourth-order valence-corrected chi connectivity index (χ4v) is 2.51. The molecule has 0 amide bonds. The molecule has 1 aliphatic heterocycles. The summed E-state index contributed by atoms with van der Waals surface area (Å²) in [6, 6.07) is 0. The summed E-state index contributed by atoms with van der Waals surface area (Å²) in [5.41, 5.74) is 0. The van der Waals surface area contributed by atoms with Gasteiger partial charge in [0.2, 0.25) is 0 Å². The molecule has 1 saturated heterocycles. The Balaban J connectivity index is 1.62. The Kier molecular flexibility index (Phi) is 3.26. The minimum atomic E-state index is 1.05. The maximum absolute atomic E-state index is 2.69. The van der Waals surface area contributed by atoms with Gasteiger partial charge in [0.05, 0.1) is 0 Å². The first-order chi connectivity index (χ1) is 6.36. The van der Waals surface area contributed by atoms with Crippen molar-refractivity contribution in [3.05, 3.63) is 0 Å². The van der Waals surface area contributed by atoms with E-state index in [1.54, 1.807) is 0 Å². The number of rotatable bonds is 3. The monoisotopic (exact) mass is 181 g/mol. The maximum Gasteiger partial charge on any atom is -0.00160 e. The van der Waals surface area contributed by atoms with Gasteiger partial charge in [-0.25, -0.2) is 0 Å². The SMILES string of the molecule is C[C@H]1CC1CCN1CCCCCC1. The van der Waals surface area contributed by atoms with Gasteiger partial charge in [-0.3, -0.25) is 0 Å². The van der Waals surface area contributed by atoms with Crippen molar-refractivity contribution in [1.82, 2.24) is 4.90 Å². The number of nitrogens with zero attached hydrogens (tertiary/aromatic N) is 1. The number of likely N-dealkylation sites (tertiary alicyclic amines) is 1. The quantitative estimate of drug-likeness (QED) is 0.647. The zero-order valence-corrected chi connectivity index (χ0v) is 8.97. The highest BCUT2D eigenvalue weighted by Gasteiger charge is 2.32. The Bertz CT molecular complexity index is 147. The highest BCUT2D eigenvalue weighted by atomic mass is 15.1. The van der Waals surface area contributed by atoms with Gasteiger partial charge in [0, 0.05) is 0 Å². The van der Waals surface area contributed by atoms with Crippen LogP contribution in [-0.4, -0.2) is 24.5 Å². The maximum atomic E-state index is 2.69. The molecule has 1 heterocycles. The lowest BCUT2D eigenvalue weighted by molar-refractivity contribution is 0.274. The van der Waals surface area contributed by atoms with Crippen molar-refractivity contribution in [2.24, 2.45) is 11.8 Å². The molecule has 0 aromatic carbocycles. The standard InChI is InChI=1S/C12H23N/c1-11-10-12(11)6-9-13-7-4-2-3-5-8-13/h11-12H,2-10H2,1H3/t11-,12?/m0/s1. The van der Waals surface area contributed by atoms with E-state index in [-0.39, 0.29) is 0 Å². The Morgan fingerprint density at radius 1 is 1.08 bits per heavy atom. The van der Waals surface area contributed by atoms with Crippen molar-refractivity contribution in [2.75, 3.05) is 19.6 Å². The predicted molar refractivity (Wildman–Crippen MR) is 56.8 cm³/mol. The Morgan fingerprint density at radius 3 is 2.23 bits per heavy atom. The van der Waals surface area contributed by atoms with Gasteiger partial charge in [-0.15, -0.1) is 0 Å². The highest BCUT2D eigenvalue weighted by Crippen LogP contribution is 2.40. The molecule has 0 N–H and O–H groups in total. The Morgan fingerprint density at radius 2 is 1.69 bits per heavy atom. The fourth-order valence-electron chi connectivity index (χ4n) is 2.51. The van der Waals surface area contributed by atoms with E-state index in [2.05, 4.69) is 11.8 Å². The molecule has 0 spiro atoms. The summed E-state index contributed by atoms with van der Waals surface area (Å²) in [5.74, 6) is 2.13. The fraction of sp³-hybridized carbons (Fsp3) is 1.00. The first-order valence-electron chi connectivity index (χ1n) is 6.08. The van der Waals surface area contributed by atoms with E-state index in [1.807, 2.05) is 0 Å². The zero-order chi connectivity index (χ0) is 9.10. The second-order valence-corrected chi connectivity index (χ2v) is 5.02. The van der Waals surface area contributed by atoms with Crippen LogP contribution in [0.5, 0.6) is 0 Å². The highest BCUT2D eigenvalue weighted by molar-refractivity contribution is 4.83. The van der Waals surface area contributed by atoms with E-state index >= 15 is 0 Å². The van der Waals surface area contributed by atoms with Crippen LogP contribution in [0.2, 0.25) is 0 Å². The van der Waals surface area contributed by atoms with Crippen molar-refractivity contribution < 1.29 is 0 Å². The lowest BCUT2D eigenvalue weighted by atomic mass is 10.2. The molecule has 1 unspecified atom stereocenters. The average Bonchev–Trinajstić information content (AvgIpc) is 2.85. The molecule has 0 aromatic heterocycles. The van der Waals surface area contributed by atoms with Crippen LogP contribution in [0.15, 0.2) is 0 Å². The van der Waals surface area contributed by atoms with Crippen LogP contribution < -0.4 is 0 Å². The summed E-state index contributed by atoms with van der Waals surface area (Å²) in [7, 11) is 0. The molecule has 1 aliphatic carbocycles. The molecule has 0 radical (unpaired) electrons. The molecule has 0 bridgehead atoms. The molecular weight excluding hydrogens is 158 g/mol. The van der Waals surface area contributed by atoms with Gasteiger partial charge in [0.1, 0.15) is 0 Å². The Labute approximate surface area is 82.5 Å². The average molecular weight is 181 g/mol. The third-order valence-electron chi connectivity index (χ3n) is 3.79. The molecule has 1 saturated carbocycles. The second-order valence-electron chi connectivity index (χ2n) is 5.02. The summed E-state index contributed by atoms with van der Waals surface area (Å²) >= 11 is 0. The van der Waals surface area contributed by atoms with Crippen LogP contribution in [0.3, 0.4) is 0 Å². The van der Waals surface area contributed by atoms with E-state index in [9.17, 15) is 0 Å². The van der Waals surface area contributed by atoms with E-state index in [4.69, 9.17) is 0 Å². The van der Waals surface area contributed by atoms with Gasteiger partial charge in [-0.1, -0.05) is 19.8 Å². The van der Waals surface area contributed by atoms with Crippen molar-refractivity contribution in [3.63, 3.8) is 0 Å². The minimum absolute atomic E-state index is 1.05. The summed E-state index contributed by atoms with van der Waals surface area (Å²) < 4.78 is 0.